The average Bonchev–Trinajstić information content (AvgIpc) is 2.41. The monoisotopic (exact) mass is 298 g/mol. The zero-order valence-corrected chi connectivity index (χ0v) is 12.2. The van der Waals surface area contributed by atoms with Gasteiger partial charge in [-0.3, -0.25) is 0 Å². The van der Waals surface area contributed by atoms with Gasteiger partial charge >= 0.3 is 5.97 Å². The zero-order chi connectivity index (χ0) is 14.8. The number of aromatic nitrogens is 1. The normalized spacial score (nSPS) is 26.2. The summed E-state index contributed by atoms with van der Waals surface area (Å²) in [5, 5.41) is 22.6. The Morgan fingerprint density at radius 3 is 2.80 bits per heavy atom. The number of anilines is 1. The third-order valence-electron chi connectivity index (χ3n) is 3.89. The molecule has 0 atom stereocenters. The lowest BCUT2D eigenvalue weighted by Crippen LogP contribution is -2.40. The molecule has 1 aliphatic carbocycles. The molecular formula is C14H19ClN2O3. The van der Waals surface area contributed by atoms with Gasteiger partial charge in [-0.25, -0.2) is 9.78 Å². The van der Waals surface area contributed by atoms with E-state index in [9.17, 15) is 9.90 Å². The molecule has 110 valence electrons. The molecule has 1 aliphatic rings. The number of carboxylic acid groups (broad SMARTS) is 1. The number of nitrogens with zero attached hydrogens (tertiary/aromatic N) is 1. The van der Waals surface area contributed by atoms with Crippen molar-refractivity contribution in [3.63, 3.8) is 0 Å². The van der Waals surface area contributed by atoms with Crippen molar-refractivity contribution in [2.24, 2.45) is 5.92 Å². The predicted molar refractivity (Wildman–Crippen MR) is 77.3 cm³/mol. The molecule has 5 nitrogen and oxygen atoms in total. The Morgan fingerprint density at radius 1 is 1.55 bits per heavy atom. The highest BCUT2D eigenvalue weighted by atomic mass is 35.5. The SMILES string of the molecule is CC1CCC(O)(CNc2cc(C(=O)O)c(Cl)cn2)CC1. The molecule has 0 spiro atoms. The summed E-state index contributed by atoms with van der Waals surface area (Å²) in [5.41, 5.74) is -0.731. The second-order valence-corrected chi connectivity index (χ2v) is 6.02. The lowest BCUT2D eigenvalue weighted by molar-refractivity contribution is 0.00494. The molecule has 1 heterocycles. The van der Waals surface area contributed by atoms with Crippen molar-refractivity contribution in [1.82, 2.24) is 4.98 Å². The molecule has 1 aromatic rings. The molecule has 1 saturated carbocycles. The van der Waals surface area contributed by atoms with E-state index in [-0.39, 0.29) is 10.6 Å². The van der Waals surface area contributed by atoms with Crippen molar-refractivity contribution in [2.75, 3.05) is 11.9 Å². The van der Waals surface area contributed by atoms with Gasteiger partial charge in [0.1, 0.15) is 5.82 Å². The summed E-state index contributed by atoms with van der Waals surface area (Å²) in [6.07, 6.45) is 4.82. The van der Waals surface area contributed by atoms with Gasteiger partial charge in [0.15, 0.2) is 0 Å². The fourth-order valence-electron chi connectivity index (χ4n) is 2.43. The van der Waals surface area contributed by atoms with Crippen LogP contribution in [0.4, 0.5) is 5.82 Å². The highest BCUT2D eigenvalue weighted by Gasteiger charge is 2.31. The van der Waals surface area contributed by atoms with Gasteiger partial charge in [0, 0.05) is 12.7 Å². The van der Waals surface area contributed by atoms with E-state index in [0.717, 1.165) is 25.7 Å². The molecule has 3 N–H and O–H groups in total. The summed E-state index contributed by atoms with van der Waals surface area (Å²) in [4.78, 5) is 15.0. The number of aliphatic hydroxyl groups is 1. The van der Waals surface area contributed by atoms with Gasteiger partial charge < -0.3 is 15.5 Å². The molecule has 20 heavy (non-hydrogen) atoms. The van der Waals surface area contributed by atoms with Crippen LogP contribution >= 0.6 is 11.6 Å². The smallest absolute Gasteiger partial charge is 0.337 e. The second-order valence-electron chi connectivity index (χ2n) is 5.61. The third kappa shape index (κ3) is 3.61. The summed E-state index contributed by atoms with van der Waals surface area (Å²) in [5.74, 6) is -0.0213. The van der Waals surface area contributed by atoms with Crippen molar-refractivity contribution >= 4 is 23.4 Å². The molecule has 0 aromatic carbocycles. The van der Waals surface area contributed by atoms with Gasteiger partial charge in [-0.2, -0.15) is 0 Å². The lowest BCUT2D eigenvalue weighted by atomic mass is 9.79. The van der Waals surface area contributed by atoms with Crippen LogP contribution in [0.3, 0.4) is 0 Å². The summed E-state index contributed by atoms with van der Waals surface area (Å²) in [7, 11) is 0. The van der Waals surface area contributed by atoms with Gasteiger partial charge in [-0.05, 0) is 37.7 Å². The van der Waals surface area contributed by atoms with E-state index in [1.54, 1.807) is 0 Å². The van der Waals surface area contributed by atoms with Crippen LogP contribution in [0, 0.1) is 5.92 Å². The number of rotatable bonds is 4. The molecule has 2 rings (SSSR count). The van der Waals surface area contributed by atoms with Gasteiger partial charge in [0.25, 0.3) is 0 Å². The van der Waals surface area contributed by atoms with Crippen LogP contribution in [0.2, 0.25) is 5.02 Å². The molecule has 0 amide bonds. The number of nitrogens with one attached hydrogen (secondary N) is 1. The van der Waals surface area contributed by atoms with Crippen LogP contribution in [0.25, 0.3) is 0 Å². The Labute approximate surface area is 123 Å². The first kappa shape index (κ1) is 15.1. The maximum atomic E-state index is 11.0. The van der Waals surface area contributed by atoms with Crippen LogP contribution in [-0.2, 0) is 0 Å². The largest absolute Gasteiger partial charge is 0.478 e. The van der Waals surface area contributed by atoms with E-state index >= 15 is 0 Å². The molecule has 1 aromatic heterocycles. The first-order valence-corrected chi connectivity index (χ1v) is 7.12. The molecule has 6 heteroatoms. The van der Waals surface area contributed by atoms with Crippen LogP contribution in [-0.4, -0.2) is 33.3 Å². The van der Waals surface area contributed by atoms with Gasteiger partial charge in [0.05, 0.1) is 16.2 Å². The Hall–Kier alpha value is -1.33. The van der Waals surface area contributed by atoms with E-state index in [1.165, 1.54) is 12.3 Å². The van der Waals surface area contributed by atoms with Crippen LogP contribution in [0.15, 0.2) is 12.3 Å². The fraction of sp³-hybridized carbons (Fsp3) is 0.571. The average molecular weight is 299 g/mol. The van der Waals surface area contributed by atoms with E-state index in [4.69, 9.17) is 16.7 Å². The number of carbonyl (C=O) groups is 1. The topological polar surface area (TPSA) is 82.5 Å². The van der Waals surface area contributed by atoms with Crippen LogP contribution in [0.5, 0.6) is 0 Å². The molecule has 0 aliphatic heterocycles. The van der Waals surface area contributed by atoms with Gasteiger partial charge in [0.2, 0.25) is 0 Å². The summed E-state index contributed by atoms with van der Waals surface area (Å²) in [6, 6.07) is 1.39. The minimum Gasteiger partial charge on any atom is -0.478 e. The molecule has 0 radical (unpaired) electrons. The minimum absolute atomic E-state index is 0.00780. The lowest BCUT2D eigenvalue weighted by Gasteiger charge is -2.35. The van der Waals surface area contributed by atoms with Crippen molar-refractivity contribution in [3.05, 3.63) is 22.8 Å². The Morgan fingerprint density at radius 2 is 2.20 bits per heavy atom. The van der Waals surface area contributed by atoms with Crippen molar-refractivity contribution in [1.29, 1.82) is 0 Å². The molecule has 0 bridgehead atoms. The number of aromatic carboxylic acids is 1. The number of hydrogen-bond acceptors (Lipinski definition) is 4. The highest BCUT2D eigenvalue weighted by Crippen LogP contribution is 2.32. The maximum Gasteiger partial charge on any atom is 0.337 e. The van der Waals surface area contributed by atoms with Crippen LogP contribution in [0.1, 0.15) is 43.0 Å². The standard InChI is InChI=1S/C14H19ClN2O3/c1-9-2-4-14(20,5-3-9)8-17-12-6-10(13(18)19)11(15)7-16-12/h6-7,9,20H,2-5,8H2,1H3,(H,16,17)(H,18,19). The van der Waals surface area contributed by atoms with E-state index in [2.05, 4.69) is 17.2 Å². The Balaban J connectivity index is 2.00. The Bertz CT molecular complexity index is 499. The minimum atomic E-state index is -1.09. The van der Waals surface area contributed by atoms with Gasteiger partial charge in [-0.1, -0.05) is 18.5 Å². The zero-order valence-electron chi connectivity index (χ0n) is 11.4. The summed E-state index contributed by atoms with van der Waals surface area (Å²) in [6.45, 7) is 2.56. The predicted octanol–water partition coefficient (Wildman–Crippen LogP) is 2.79. The van der Waals surface area contributed by atoms with Crippen molar-refractivity contribution < 1.29 is 15.0 Å². The van der Waals surface area contributed by atoms with Crippen molar-refractivity contribution in [3.8, 4) is 0 Å². The highest BCUT2D eigenvalue weighted by molar-refractivity contribution is 6.33. The number of hydrogen-bond donors (Lipinski definition) is 3. The summed E-state index contributed by atoms with van der Waals surface area (Å²) < 4.78 is 0. The van der Waals surface area contributed by atoms with Crippen molar-refractivity contribution in [2.45, 2.75) is 38.2 Å². The van der Waals surface area contributed by atoms with Gasteiger partial charge in [-0.15, -0.1) is 0 Å². The molecule has 0 saturated heterocycles. The van der Waals surface area contributed by atoms with Crippen LogP contribution < -0.4 is 5.32 Å². The van der Waals surface area contributed by atoms with E-state index in [1.807, 2.05) is 0 Å². The molecule has 0 unspecified atom stereocenters. The maximum absolute atomic E-state index is 11.0. The fourth-order valence-corrected chi connectivity index (χ4v) is 2.61. The van der Waals surface area contributed by atoms with E-state index < -0.39 is 11.6 Å². The number of pyridine rings is 1. The Kier molecular flexibility index (Phi) is 4.50. The third-order valence-corrected chi connectivity index (χ3v) is 4.19. The number of carboxylic acids is 1. The first-order chi connectivity index (χ1) is 9.39. The molecule has 1 fully saturated rings. The molecular weight excluding hydrogens is 280 g/mol. The van der Waals surface area contributed by atoms with E-state index in [0.29, 0.717) is 18.3 Å². The summed E-state index contributed by atoms with van der Waals surface area (Å²) >= 11 is 5.76. The quantitative estimate of drug-likeness (QED) is 0.796. The number of halogens is 1. The second kappa shape index (κ2) is 5.97. The first-order valence-electron chi connectivity index (χ1n) is 6.75.